The Morgan fingerprint density at radius 2 is 2.23 bits per heavy atom. The normalized spacial score (nSPS) is 16.9. The van der Waals surface area contributed by atoms with Gasteiger partial charge in [0.25, 0.3) is 0 Å². The molecular weight excluding hydrogens is 398 g/mol. The van der Waals surface area contributed by atoms with Gasteiger partial charge in [-0.1, -0.05) is 6.07 Å². The van der Waals surface area contributed by atoms with Gasteiger partial charge in [0.05, 0.1) is 30.4 Å². The van der Waals surface area contributed by atoms with Crippen LogP contribution >= 0.6 is 11.8 Å². The molecule has 0 spiro atoms. The second kappa shape index (κ2) is 9.91. The zero-order chi connectivity index (χ0) is 20.8. The average Bonchev–Trinajstić information content (AvgIpc) is 3.17. The van der Waals surface area contributed by atoms with Crippen LogP contribution in [0, 0.1) is 0 Å². The van der Waals surface area contributed by atoms with Gasteiger partial charge in [0, 0.05) is 28.8 Å². The Kier molecular flexibility index (Phi) is 6.81. The molecule has 3 heterocycles. The molecule has 1 saturated heterocycles. The van der Waals surface area contributed by atoms with E-state index in [1.807, 2.05) is 35.0 Å². The number of methoxy groups -OCH3 is 1. The predicted octanol–water partition coefficient (Wildman–Crippen LogP) is 4.96. The van der Waals surface area contributed by atoms with E-state index in [0.29, 0.717) is 12.2 Å². The number of fused-ring (bicyclic) bond motifs is 1. The van der Waals surface area contributed by atoms with Gasteiger partial charge in [-0.15, -0.1) is 11.8 Å². The van der Waals surface area contributed by atoms with E-state index >= 15 is 0 Å². The zero-order valence-electron chi connectivity index (χ0n) is 17.0. The van der Waals surface area contributed by atoms with Gasteiger partial charge in [-0.05, 0) is 61.7 Å². The summed E-state index contributed by atoms with van der Waals surface area (Å²) in [4.78, 5) is 16.8. The number of ether oxygens (including phenoxy) is 2. The van der Waals surface area contributed by atoms with Crippen molar-refractivity contribution in [1.29, 1.82) is 0 Å². The van der Waals surface area contributed by atoms with Gasteiger partial charge >= 0.3 is 5.97 Å². The lowest BCUT2D eigenvalue weighted by Gasteiger charge is -2.23. The number of aromatic nitrogens is 3. The van der Waals surface area contributed by atoms with E-state index in [1.54, 1.807) is 18.0 Å². The molecule has 1 aliphatic heterocycles. The molecule has 1 atom stereocenters. The fourth-order valence-electron chi connectivity index (χ4n) is 3.48. The second-order valence-corrected chi connectivity index (χ2v) is 8.26. The molecule has 1 aromatic carbocycles. The Morgan fingerprint density at radius 3 is 3.00 bits per heavy atom. The monoisotopic (exact) mass is 423 g/mol. The first kappa shape index (κ1) is 20.6. The summed E-state index contributed by atoms with van der Waals surface area (Å²) in [7, 11) is 1.42. The Bertz CT molecular complexity index is 1030. The van der Waals surface area contributed by atoms with Crippen LogP contribution in [0.5, 0.6) is 0 Å². The Labute approximate surface area is 180 Å². The van der Waals surface area contributed by atoms with Crippen LogP contribution in [0.3, 0.4) is 0 Å². The van der Waals surface area contributed by atoms with Crippen molar-refractivity contribution >= 4 is 40.8 Å². The third kappa shape index (κ3) is 4.91. The van der Waals surface area contributed by atoms with E-state index in [1.165, 1.54) is 7.11 Å². The summed E-state index contributed by atoms with van der Waals surface area (Å²) >= 11 is 1.64. The van der Waals surface area contributed by atoms with Crippen molar-refractivity contribution in [3.63, 3.8) is 0 Å². The standard InChI is InChI=1S/C23H25N3O3S/c1-28-23(27)12-15-30-18-9-10-19-20(11-8-17-6-2-4-13-24-17)25-26(21(19)16-18)22-7-3-5-14-29-22/h2,4,6,8-11,13,16,22H,3,5,7,12,14-15H2,1H3/b11-8+. The van der Waals surface area contributed by atoms with Crippen LogP contribution in [-0.2, 0) is 14.3 Å². The van der Waals surface area contributed by atoms with Gasteiger partial charge in [0.1, 0.15) is 0 Å². The lowest BCUT2D eigenvalue weighted by Crippen LogP contribution is -2.19. The minimum absolute atomic E-state index is 0.0476. The topological polar surface area (TPSA) is 66.2 Å². The maximum atomic E-state index is 11.4. The lowest BCUT2D eigenvalue weighted by molar-refractivity contribution is -0.140. The number of thioether (sulfide) groups is 1. The molecule has 1 unspecified atom stereocenters. The van der Waals surface area contributed by atoms with Gasteiger partial charge < -0.3 is 9.47 Å². The molecule has 7 heteroatoms. The first-order valence-electron chi connectivity index (χ1n) is 10.2. The number of carbonyl (C=O) groups is 1. The summed E-state index contributed by atoms with van der Waals surface area (Å²) in [5.41, 5.74) is 2.84. The highest BCUT2D eigenvalue weighted by molar-refractivity contribution is 7.99. The first-order chi connectivity index (χ1) is 14.7. The van der Waals surface area contributed by atoms with E-state index in [-0.39, 0.29) is 12.2 Å². The number of benzene rings is 1. The zero-order valence-corrected chi connectivity index (χ0v) is 17.8. The molecule has 1 aliphatic rings. The molecule has 0 radical (unpaired) electrons. The van der Waals surface area contributed by atoms with Crippen molar-refractivity contribution in [3.05, 3.63) is 54.0 Å². The maximum absolute atomic E-state index is 11.4. The minimum Gasteiger partial charge on any atom is -0.469 e. The molecule has 2 aromatic heterocycles. The quantitative estimate of drug-likeness (QED) is 0.395. The van der Waals surface area contributed by atoms with Gasteiger partial charge in [-0.2, -0.15) is 5.10 Å². The molecule has 0 bridgehead atoms. The molecule has 156 valence electrons. The van der Waals surface area contributed by atoms with Crippen LogP contribution in [0.15, 0.2) is 47.5 Å². The fraction of sp³-hybridized carbons (Fsp3) is 0.348. The van der Waals surface area contributed by atoms with Crippen LogP contribution in [0.2, 0.25) is 0 Å². The van der Waals surface area contributed by atoms with Gasteiger partial charge in [-0.25, -0.2) is 4.68 Å². The van der Waals surface area contributed by atoms with E-state index in [9.17, 15) is 4.79 Å². The molecule has 0 N–H and O–H groups in total. The average molecular weight is 424 g/mol. The van der Waals surface area contributed by atoms with Crippen LogP contribution in [0.4, 0.5) is 0 Å². The van der Waals surface area contributed by atoms with E-state index < -0.39 is 0 Å². The minimum atomic E-state index is -0.189. The van der Waals surface area contributed by atoms with E-state index in [4.69, 9.17) is 14.6 Å². The first-order valence-corrected chi connectivity index (χ1v) is 11.2. The van der Waals surface area contributed by atoms with Crippen molar-refractivity contribution in [1.82, 2.24) is 14.8 Å². The molecule has 30 heavy (non-hydrogen) atoms. The smallest absolute Gasteiger partial charge is 0.306 e. The second-order valence-electron chi connectivity index (χ2n) is 7.09. The third-order valence-corrected chi connectivity index (χ3v) is 6.03. The van der Waals surface area contributed by atoms with Crippen molar-refractivity contribution in [3.8, 4) is 0 Å². The van der Waals surface area contributed by atoms with Gasteiger partial charge in [-0.3, -0.25) is 9.78 Å². The molecule has 4 rings (SSSR count). The highest BCUT2D eigenvalue weighted by atomic mass is 32.2. The SMILES string of the molecule is COC(=O)CCSc1ccc2c(/C=C/c3ccccn3)nn(C3CCCCO3)c2c1. The summed E-state index contributed by atoms with van der Waals surface area (Å²) in [6, 6.07) is 12.2. The Morgan fingerprint density at radius 1 is 1.30 bits per heavy atom. The Balaban J connectivity index is 1.64. The highest BCUT2D eigenvalue weighted by Gasteiger charge is 2.20. The van der Waals surface area contributed by atoms with Crippen LogP contribution < -0.4 is 0 Å². The maximum Gasteiger partial charge on any atom is 0.306 e. The summed E-state index contributed by atoms with van der Waals surface area (Å²) in [6.07, 6.45) is 9.30. The molecular formula is C23H25N3O3S. The summed E-state index contributed by atoms with van der Waals surface area (Å²) in [5.74, 6) is 0.491. The van der Waals surface area contributed by atoms with E-state index in [0.717, 1.165) is 53.1 Å². The third-order valence-electron chi connectivity index (χ3n) is 5.04. The van der Waals surface area contributed by atoms with Crippen molar-refractivity contribution in [2.24, 2.45) is 0 Å². The summed E-state index contributed by atoms with van der Waals surface area (Å²) in [5, 5.41) is 5.96. The van der Waals surface area contributed by atoms with Crippen molar-refractivity contribution in [2.75, 3.05) is 19.5 Å². The summed E-state index contributed by atoms with van der Waals surface area (Å²) in [6.45, 7) is 0.763. The van der Waals surface area contributed by atoms with Crippen molar-refractivity contribution < 1.29 is 14.3 Å². The number of carbonyl (C=O) groups excluding carboxylic acids is 1. The molecule has 3 aromatic rings. The fourth-order valence-corrected chi connectivity index (χ4v) is 4.35. The molecule has 0 amide bonds. The number of rotatable bonds is 7. The van der Waals surface area contributed by atoms with Gasteiger partial charge in [0.15, 0.2) is 6.23 Å². The van der Waals surface area contributed by atoms with Crippen LogP contribution in [0.25, 0.3) is 23.1 Å². The number of hydrogen-bond acceptors (Lipinski definition) is 6. The van der Waals surface area contributed by atoms with Gasteiger partial charge in [0.2, 0.25) is 0 Å². The number of nitrogens with zero attached hydrogens (tertiary/aromatic N) is 3. The van der Waals surface area contributed by atoms with E-state index in [2.05, 4.69) is 23.2 Å². The summed E-state index contributed by atoms with van der Waals surface area (Å²) < 4.78 is 12.8. The van der Waals surface area contributed by atoms with Crippen LogP contribution in [-0.4, -0.2) is 40.2 Å². The number of hydrogen-bond donors (Lipinski definition) is 0. The Hall–Kier alpha value is -2.64. The number of esters is 1. The molecule has 1 fully saturated rings. The predicted molar refractivity (Wildman–Crippen MR) is 119 cm³/mol. The highest BCUT2D eigenvalue weighted by Crippen LogP contribution is 2.32. The molecule has 6 nitrogen and oxygen atoms in total. The van der Waals surface area contributed by atoms with Crippen LogP contribution in [0.1, 0.15) is 43.3 Å². The molecule has 0 saturated carbocycles. The number of pyridine rings is 1. The lowest BCUT2D eigenvalue weighted by atomic mass is 10.1. The largest absolute Gasteiger partial charge is 0.469 e. The molecule has 0 aliphatic carbocycles. The van der Waals surface area contributed by atoms with Crippen molar-refractivity contribution in [2.45, 2.75) is 36.8 Å².